The molecule has 0 saturated carbocycles. The molecule has 0 aliphatic carbocycles. The Morgan fingerprint density at radius 3 is 2.58 bits per heavy atom. The summed E-state index contributed by atoms with van der Waals surface area (Å²) < 4.78 is 43.1. The van der Waals surface area contributed by atoms with Gasteiger partial charge < -0.3 is 14.7 Å². The summed E-state index contributed by atoms with van der Waals surface area (Å²) in [6.45, 7) is -1.13. The van der Waals surface area contributed by atoms with E-state index in [1.165, 1.54) is 0 Å². The summed E-state index contributed by atoms with van der Waals surface area (Å²) in [5.41, 5.74) is -4.06. The van der Waals surface area contributed by atoms with Gasteiger partial charge in [-0.15, -0.1) is 0 Å². The fourth-order valence-electron chi connectivity index (χ4n) is 2.45. The molecule has 1 fully saturated rings. The maximum atomic E-state index is 12.9. The average molecular weight is 369 g/mol. The molecule has 24 heavy (non-hydrogen) atoms. The number of hydrogen-bond donors (Lipinski definition) is 1. The fourth-order valence-corrected chi connectivity index (χ4v) is 2.68. The Morgan fingerprint density at radius 1 is 1.50 bits per heavy atom. The number of nitro groups is 1. The van der Waals surface area contributed by atoms with E-state index in [2.05, 4.69) is 4.74 Å². The van der Waals surface area contributed by atoms with Gasteiger partial charge in [0.05, 0.1) is 29.2 Å². The molecule has 1 aliphatic rings. The number of nitro benzene ring substituents is 1. The number of β-amino-alcohol motifs (C(OH)–C–C–N with tert-alkyl or cyclic N) is 1. The van der Waals surface area contributed by atoms with Gasteiger partial charge in [0.2, 0.25) is 0 Å². The predicted molar refractivity (Wildman–Crippen MR) is 77.3 cm³/mol. The number of halogens is 4. The maximum Gasteiger partial charge on any atom is 0.418 e. The number of benzene rings is 1. The highest BCUT2D eigenvalue weighted by Gasteiger charge is 2.57. The largest absolute Gasteiger partial charge is 0.465 e. The lowest BCUT2D eigenvalue weighted by Crippen LogP contribution is -2.47. The van der Waals surface area contributed by atoms with E-state index in [0.717, 1.165) is 24.1 Å². The van der Waals surface area contributed by atoms with E-state index in [1.54, 1.807) is 0 Å². The number of carbonyl (C=O) groups excluding carboxylic acids is 1. The fraction of sp³-hybridized carbons (Fsp3) is 0.462. The number of nitrogens with zero attached hydrogens (tertiary/aromatic N) is 2. The van der Waals surface area contributed by atoms with Gasteiger partial charge in [-0.3, -0.25) is 10.1 Å². The second kappa shape index (κ2) is 6.10. The van der Waals surface area contributed by atoms with E-state index in [0.29, 0.717) is 0 Å². The number of anilines is 1. The molecule has 0 aromatic heterocycles. The number of alkyl halides is 3. The molecule has 1 N–H and O–H groups in total. The zero-order chi connectivity index (χ0) is 18.3. The van der Waals surface area contributed by atoms with Crippen LogP contribution in [0.3, 0.4) is 0 Å². The van der Waals surface area contributed by atoms with Gasteiger partial charge in [0.15, 0.2) is 5.60 Å². The van der Waals surface area contributed by atoms with Crippen LogP contribution in [0.2, 0.25) is 5.02 Å². The summed E-state index contributed by atoms with van der Waals surface area (Å²) in [7, 11) is 1.06. The molecule has 1 heterocycles. The third-order valence-electron chi connectivity index (χ3n) is 3.78. The van der Waals surface area contributed by atoms with Crippen LogP contribution in [0.5, 0.6) is 0 Å². The number of esters is 1. The van der Waals surface area contributed by atoms with Gasteiger partial charge >= 0.3 is 12.1 Å². The predicted octanol–water partition coefficient (Wildman–Crippen LogP) is 2.54. The van der Waals surface area contributed by atoms with E-state index in [9.17, 15) is 33.2 Å². The maximum absolute atomic E-state index is 12.9. The van der Waals surface area contributed by atoms with Crippen molar-refractivity contribution in [2.45, 2.75) is 18.2 Å². The third kappa shape index (κ3) is 3.11. The van der Waals surface area contributed by atoms with Crippen LogP contribution in [0.25, 0.3) is 0 Å². The van der Waals surface area contributed by atoms with Crippen LogP contribution in [0.4, 0.5) is 24.5 Å². The Bertz CT molecular complexity index is 697. The van der Waals surface area contributed by atoms with Crippen molar-refractivity contribution >= 4 is 28.9 Å². The highest BCUT2D eigenvalue weighted by atomic mass is 35.5. The molecule has 1 saturated heterocycles. The zero-order valence-electron chi connectivity index (χ0n) is 12.3. The van der Waals surface area contributed by atoms with Crippen LogP contribution in [0.15, 0.2) is 12.1 Å². The molecule has 0 spiro atoms. The standard InChI is InChI=1S/C13H12ClF3N2O5/c1-24-11(20)7-4-10(19(22)23)9(5-8(7)14)18-3-2-12(21,6-18)13(15,16)17/h4-5,21H,2-3,6H2,1H3. The molecular weight excluding hydrogens is 357 g/mol. The SMILES string of the molecule is COC(=O)c1cc([N+](=O)[O-])c(N2CCC(O)(C(F)(F)F)C2)cc1Cl. The molecule has 1 aromatic carbocycles. The Morgan fingerprint density at radius 2 is 2.12 bits per heavy atom. The van der Waals surface area contributed by atoms with Gasteiger partial charge in [-0.2, -0.15) is 13.2 Å². The number of ether oxygens (including phenoxy) is 1. The first-order chi connectivity index (χ1) is 11.0. The first-order valence-electron chi connectivity index (χ1n) is 6.60. The van der Waals surface area contributed by atoms with Crippen LogP contribution in [-0.2, 0) is 4.74 Å². The summed E-state index contributed by atoms with van der Waals surface area (Å²) in [5.74, 6) is -0.914. The van der Waals surface area contributed by atoms with Crippen LogP contribution < -0.4 is 4.90 Å². The number of rotatable bonds is 3. The Hall–Kier alpha value is -2.07. The molecule has 1 aromatic rings. The van der Waals surface area contributed by atoms with E-state index < -0.39 is 41.3 Å². The van der Waals surface area contributed by atoms with Gasteiger partial charge in [0.25, 0.3) is 5.69 Å². The quantitative estimate of drug-likeness (QED) is 0.500. The molecule has 0 bridgehead atoms. The van der Waals surface area contributed by atoms with Gasteiger partial charge in [0.1, 0.15) is 5.69 Å². The van der Waals surface area contributed by atoms with Crippen molar-refractivity contribution in [3.8, 4) is 0 Å². The topological polar surface area (TPSA) is 92.9 Å². The summed E-state index contributed by atoms with van der Waals surface area (Å²) in [6, 6.07) is 1.86. The van der Waals surface area contributed by atoms with Crippen molar-refractivity contribution in [2.75, 3.05) is 25.1 Å². The smallest absolute Gasteiger partial charge is 0.418 e. The van der Waals surface area contributed by atoms with Crippen molar-refractivity contribution in [3.05, 3.63) is 32.8 Å². The lowest BCUT2D eigenvalue weighted by molar-refractivity contribution is -0.384. The number of methoxy groups -OCH3 is 1. The molecule has 0 amide bonds. The second-order valence-corrected chi connectivity index (χ2v) is 5.68. The average Bonchev–Trinajstić information content (AvgIpc) is 2.89. The lowest BCUT2D eigenvalue weighted by Gasteiger charge is -2.26. The molecule has 1 aliphatic heterocycles. The van der Waals surface area contributed by atoms with Crippen LogP contribution in [-0.4, -0.2) is 48.0 Å². The van der Waals surface area contributed by atoms with Crippen molar-refractivity contribution in [1.29, 1.82) is 0 Å². The summed E-state index contributed by atoms with van der Waals surface area (Å²) in [6.07, 6.45) is -5.50. The van der Waals surface area contributed by atoms with Gasteiger partial charge in [0, 0.05) is 19.0 Å². The summed E-state index contributed by atoms with van der Waals surface area (Å²) in [5, 5.41) is 20.7. The Kier molecular flexibility index (Phi) is 4.64. The van der Waals surface area contributed by atoms with Crippen molar-refractivity contribution in [3.63, 3.8) is 0 Å². The minimum absolute atomic E-state index is 0.204. The highest BCUT2D eigenvalue weighted by molar-refractivity contribution is 6.34. The number of aliphatic hydroxyl groups is 1. The minimum Gasteiger partial charge on any atom is -0.465 e. The molecule has 2 rings (SSSR count). The second-order valence-electron chi connectivity index (χ2n) is 5.27. The zero-order valence-corrected chi connectivity index (χ0v) is 13.0. The summed E-state index contributed by atoms with van der Waals surface area (Å²) in [4.78, 5) is 22.9. The molecule has 1 atom stereocenters. The summed E-state index contributed by atoms with van der Waals surface area (Å²) >= 11 is 5.88. The normalized spacial score (nSPS) is 21.0. The van der Waals surface area contributed by atoms with Crippen LogP contribution in [0, 0.1) is 10.1 Å². The Balaban J connectivity index is 2.46. The molecule has 0 radical (unpaired) electrons. The van der Waals surface area contributed by atoms with E-state index in [-0.39, 0.29) is 22.8 Å². The first kappa shape index (κ1) is 18.3. The van der Waals surface area contributed by atoms with Gasteiger partial charge in [-0.05, 0) is 6.07 Å². The molecule has 7 nitrogen and oxygen atoms in total. The molecular formula is C13H12ClF3N2O5. The van der Waals surface area contributed by atoms with E-state index in [4.69, 9.17) is 11.6 Å². The van der Waals surface area contributed by atoms with Crippen LogP contribution in [0.1, 0.15) is 16.8 Å². The highest BCUT2D eigenvalue weighted by Crippen LogP contribution is 2.42. The van der Waals surface area contributed by atoms with Crippen LogP contribution >= 0.6 is 11.6 Å². The molecule has 132 valence electrons. The molecule has 11 heteroatoms. The number of carbonyl (C=O) groups is 1. The lowest BCUT2D eigenvalue weighted by atomic mass is 10.0. The third-order valence-corrected chi connectivity index (χ3v) is 4.10. The van der Waals surface area contributed by atoms with Crippen molar-refractivity contribution in [2.24, 2.45) is 0 Å². The minimum atomic E-state index is -4.87. The van der Waals surface area contributed by atoms with E-state index in [1.807, 2.05) is 0 Å². The van der Waals surface area contributed by atoms with Gasteiger partial charge in [-0.1, -0.05) is 11.6 Å². The van der Waals surface area contributed by atoms with E-state index >= 15 is 0 Å². The van der Waals surface area contributed by atoms with Crippen molar-refractivity contribution in [1.82, 2.24) is 0 Å². The monoisotopic (exact) mass is 368 g/mol. The van der Waals surface area contributed by atoms with Crippen molar-refractivity contribution < 1.29 is 32.7 Å². The molecule has 1 unspecified atom stereocenters. The van der Waals surface area contributed by atoms with Gasteiger partial charge in [-0.25, -0.2) is 4.79 Å². The first-order valence-corrected chi connectivity index (χ1v) is 6.98. The number of hydrogen-bond acceptors (Lipinski definition) is 6. The Labute approximate surface area is 138 Å².